The molecule has 2 aromatic rings. The lowest BCUT2D eigenvalue weighted by Crippen LogP contribution is -2.46. The summed E-state index contributed by atoms with van der Waals surface area (Å²) in [6.45, 7) is 3.99. The largest absolute Gasteiger partial charge is 0.351 e. The molecular formula is C19H22N4O2S. The van der Waals surface area contributed by atoms with Crippen LogP contribution in [0.25, 0.3) is 0 Å². The highest BCUT2D eigenvalue weighted by Crippen LogP contribution is 2.25. The van der Waals surface area contributed by atoms with Crippen LogP contribution in [0.5, 0.6) is 0 Å². The van der Waals surface area contributed by atoms with Crippen LogP contribution in [-0.2, 0) is 4.79 Å². The standard InChI is InChI=1S/C19H22N4O2S/c1-2-12-23(19(25)16-13-26-22-21-16)17(14-8-4-3-5-9-14)18(24)20-15-10-6-7-11-15/h2-5,8-9,13,15,17H,1,6-7,10-12H2,(H,20,24)/t17-/m1/s1. The van der Waals surface area contributed by atoms with Gasteiger partial charge in [-0.25, -0.2) is 0 Å². The van der Waals surface area contributed by atoms with Crippen LogP contribution in [0.15, 0.2) is 48.4 Å². The van der Waals surface area contributed by atoms with Crippen molar-refractivity contribution in [3.05, 3.63) is 59.6 Å². The first-order chi connectivity index (χ1) is 12.7. The Morgan fingerprint density at radius 1 is 1.31 bits per heavy atom. The number of nitrogens with one attached hydrogen (secondary N) is 1. The van der Waals surface area contributed by atoms with Crippen LogP contribution in [0.2, 0.25) is 0 Å². The van der Waals surface area contributed by atoms with Crippen molar-refractivity contribution in [2.24, 2.45) is 0 Å². The van der Waals surface area contributed by atoms with E-state index < -0.39 is 6.04 Å². The van der Waals surface area contributed by atoms with Crippen molar-refractivity contribution in [1.82, 2.24) is 19.8 Å². The zero-order chi connectivity index (χ0) is 18.4. The summed E-state index contributed by atoms with van der Waals surface area (Å²) in [5, 5.41) is 8.58. The van der Waals surface area contributed by atoms with E-state index in [-0.39, 0.29) is 30.1 Å². The second kappa shape index (κ2) is 8.71. The molecule has 26 heavy (non-hydrogen) atoms. The van der Waals surface area contributed by atoms with Crippen molar-refractivity contribution in [3.63, 3.8) is 0 Å². The van der Waals surface area contributed by atoms with Gasteiger partial charge in [-0.05, 0) is 29.9 Å². The lowest BCUT2D eigenvalue weighted by atomic mass is 10.0. The highest BCUT2D eigenvalue weighted by Gasteiger charge is 2.33. The molecule has 1 saturated carbocycles. The second-order valence-corrected chi connectivity index (χ2v) is 6.95. The van der Waals surface area contributed by atoms with Gasteiger partial charge in [0.2, 0.25) is 5.91 Å². The maximum atomic E-state index is 13.1. The molecule has 0 saturated heterocycles. The molecule has 0 radical (unpaired) electrons. The monoisotopic (exact) mass is 370 g/mol. The zero-order valence-electron chi connectivity index (χ0n) is 14.5. The Labute approximate surface area is 157 Å². The van der Waals surface area contributed by atoms with Crippen molar-refractivity contribution in [1.29, 1.82) is 0 Å². The van der Waals surface area contributed by atoms with Gasteiger partial charge in [-0.3, -0.25) is 9.59 Å². The maximum Gasteiger partial charge on any atom is 0.276 e. The lowest BCUT2D eigenvalue weighted by Gasteiger charge is -2.31. The molecule has 2 amide bonds. The van der Waals surface area contributed by atoms with E-state index >= 15 is 0 Å². The molecular weight excluding hydrogens is 348 g/mol. The summed E-state index contributed by atoms with van der Waals surface area (Å²) in [7, 11) is 0. The first-order valence-electron chi connectivity index (χ1n) is 8.75. The quantitative estimate of drug-likeness (QED) is 0.761. The Balaban J connectivity index is 1.92. The SMILES string of the molecule is C=CCN(C(=O)c1csnn1)[C@@H](C(=O)NC1CCCC1)c1ccccc1. The van der Waals surface area contributed by atoms with E-state index in [1.807, 2.05) is 30.3 Å². The van der Waals surface area contributed by atoms with E-state index in [1.54, 1.807) is 11.5 Å². The van der Waals surface area contributed by atoms with Gasteiger partial charge in [-0.1, -0.05) is 53.7 Å². The molecule has 7 heteroatoms. The fourth-order valence-corrected chi connectivity index (χ4v) is 3.74. The van der Waals surface area contributed by atoms with Crippen LogP contribution in [0.1, 0.15) is 47.8 Å². The molecule has 3 rings (SSSR count). The first-order valence-corrected chi connectivity index (χ1v) is 9.58. The van der Waals surface area contributed by atoms with E-state index in [0.29, 0.717) is 0 Å². The van der Waals surface area contributed by atoms with Crippen LogP contribution in [0, 0.1) is 0 Å². The number of aromatic nitrogens is 2. The summed E-state index contributed by atoms with van der Waals surface area (Å²) < 4.78 is 3.76. The molecule has 0 spiro atoms. The average Bonchev–Trinajstić information content (AvgIpc) is 3.35. The van der Waals surface area contributed by atoms with Gasteiger partial charge >= 0.3 is 0 Å². The Kier molecular flexibility index (Phi) is 6.12. The molecule has 1 fully saturated rings. The normalized spacial score (nSPS) is 15.4. The highest BCUT2D eigenvalue weighted by molar-refractivity contribution is 7.03. The Bertz CT molecular complexity index is 742. The van der Waals surface area contributed by atoms with E-state index in [4.69, 9.17) is 0 Å². The smallest absolute Gasteiger partial charge is 0.276 e. The van der Waals surface area contributed by atoms with E-state index in [9.17, 15) is 9.59 Å². The number of benzene rings is 1. The van der Waals surface area contributed by atoms with Gasteiger partial charge in [0.05, 0.1) is 0 Å². The number of nitrogens with zero attached hydrogens (tertiary/aromatic N) is 3. The van der Waals surface area contributed by atoms with E-state index in [0.717, 1.165) is 42.8 Å². The molecule has 1 aliphatic rings. The minimum atomic E-state index is -0.732. The minimum absolute atomic E-state index is 0.165. The minimum Gasteiger partial charge on any atom is -0.351 e. The van der Waals surface area contributed by atoms with Gasteiger partial charge in [0, 0.05) is 18.0 Å². The van der Waals surface area contributed by atoms with Crippen LogP contribution in [0.4, 0.5) is 0 Å². The molecule has 0 aliphatic heterocycles. The maximum absolute atomic E-state index is 13.1. The first kappa shape index (κ1) is 18.3. The molecule has 1 aromatic carbocycles. The Morgan fingerprint density at radius 3 is 2.65 bits per heavy atom. The molecule has 1 aromatic heterocycles. The van der Waals surface area contributed by atoms with E-state index in [1.165, 1.54) is 4.90 Å². The number of hydrogen-bond donors (Lipinski definition) is 1. The van der Waals surface area contributed by atoms with Crippen LogP contribution < -0.4 is 5.32 Å². The molecule has 1 N–H and O–H groups in total. The van der Waals surface area contributed by atoms with Gasteiger partial charge in [0.15, 0.2) is 5.69 Å². The van der Waals surface area contributed by atoms with Crippen LogP contribution in [0.3, 0.4) is 0 Å². The fraction of sp³-hybridized carbons (Fsp3) is 0.368. The number of hydrogen-bond acceptors (Lipinski definition) is 5. The highest BCUT2D eigenvalue weighted by atomic mass is 32.1. The summed E-state index contributed by atoms with van der Waals surface area (Å²) in [4.78, 5) is 27.6. The van der Waals surface area contributed by atoms with Gasteiger partial charge in [-0.2, -0.15) is 0 Å². The molecule has 0 bridgehead atoms. The number of carbonyl (C=O) groups excluding carboxylic acids is 2. The summed E-state index contributed by atoms with van der Waals surface area (Å²) >= 11 is 1.11. The van der Waals surface area contributed by atoms with Crippen molar-refractivity contribution in [3.8, 4) is 0 Å². The Hall–Kier alpha value is -2.54. The van der Waals surface area contributed by atoms with Gasteiger partial charge in [0.25, 0.3) is 5.91 Å². The molecule has 1 aliphatic carbocycles. The molecule has 136 valence electrons. The number of rotatable bonds is 7. The molecule has 1 heterocycles. The molecule has 6 nitrogen and oxygen atoms in total. The van der Waals surface area contributed by atoms with Crippen molar-refractivity contribution in [2.75, 3.05) is 6.54 Å². The summed E-state index contributed by atoms with van der Waals surface area (Å²) in [5.41, 5.74) is 1.01. The van der Waals surface area contributed by atoms with Crippen molar-refractivity contribution < 1.29 is 9.59 Å². The zero-order valence-corrected chi connectivity index (χ0v) is 15.3. The predicted octanol–water partition coefficient (Wildman–Crippen LogP) is 2.97. The van der Waals surface area contributed by atoms with Crippen LogP contribution >= 0.6 is 11.5 Å². The third kappa shape index (κ3) is 4.16. The van der Waals surface area contributed by atoms with Crippen molar-refractivity contribution >= 4 is 23.3 Å². The molecule has 0 unspecified atom stereocenters. The van der Waals surface area contributed by atoms with Gasteiger partial charge in [-0.15, -0.1) is 11.7 Å². The molecule has 1 atom stereocenters. The van der Waals surface area contributed by atoms with Gasteiger partial charge < -0.3 is 10.2 Å². The Morgan fingerprint density at radius 2 is 2.04 bits per heavy atom. The third-order valence-electron chi connectivity index (χ3n) is 4.54. The van der Waals surface area contributed by atoms with Crippen LogP contribution in [-0.4, -0.2) is 38.9 Å². The average molecular weight is 370 g/mol. The summed E-state index contributed by atoms with van der Waals surface area (Å²) in [6.07, 6.45) is 5.84. The summed E-state index contributed by atoms with van der Waals surface area (Å²) in [5.74, 6) is -0.490. The predicted molar refractivity (Wildman–Crippen MR) is 101 cm³/mol. The van der Waals surface area contributed by atoms with Gasteiger partial charge in [0.1, 0.15) is 6.04 Å². The number of amides is 2. The second-order valence-electron chi connectivity index (χ2n) is 6.34. The summed E-state index contributed by atoms with van der Waals surface area (Å²) in [6, 6.07) is 8.79. The third-order valence-corrected chi connectivity index (χ3v) is 5.05. The van der Waals surface area contributed by atoms with Crippen molar-refractivity contribution in [2.45, 2.75) is 37.8 Å². The number of carbonyl (C=O) groups is 2. The van der Waals surface area contributed by atoms with E-state index in [2.05, 4.69) is 21.5 Å². The topological polar surface area (TPSA) is 75.2 Å². The lowest BCUT2D eigenvalue weighted by molar-refractivity contribution is -0.126. The fourth-order valence-electron chi connectivity index (χ4n) is 3.31.